The van der Waals surface area contributed by atoms with Crippen LogP contribution >= 0.6 is 0 Å². The van der Waals surface area contributed by atoms with Crippen molar-refractivity contribution in [3.63, 3.8) is 0 Å². The van der Waals surface area contributed by atoms with E-state index in [1.165, 1.54) is 0 Å². The van der Waals surface area contributed by atoms with Crippen molar-refractivity contribution < 1.29 is 73.5 Å². The molecule has 0 aromatic heterocycles. The topological polar surface area (TPSA) is 273 Å². The van der Waals surface area contributed by atoms with Gasteiger partial charge in [0.15, 0.2) is 0 Å². The highest BCUT2D eigenvalue weighted by Crippen LogP contribution is 1.98. The molecular formula is C36H81N3O18. The SMILES string of the molecule is CC(C)CCOCCO[N+](=O)[O-].CC(C)OCCCCO.CC(C)OCCCO.CC(C)OCCCO[N+](=O)[O-].CC(C)OCCO.CC(C)OCCO[N+](=O)[O-]. The molecule has 0 unspecified atom stereocenters. The van der Waals surface area contributed by atoms with Gasteiger partial charge in [-0.25, -0.2) is 0 Å². The lowest BCUT2D eigenvalue weighted by Crippen LogP contribution is -2.11. The molecule has 57 heavy (non-hydrogen) atoms. The summed E-state index contributed by atoms with van der Waals surface area (Å²) in [6.07, 6.45) is 5.22. The highest BCUT2D eigenvalue weighted by molar-refractivity contribution is 4.42. The Hall–Kier alpha value is -2.76. The molecule has 0 aromatic rings. The van der Waals surface area contributed by atoms with E-state index in [-0.39, 0.29) is 71.2 Å². The van der Waals surface area contributed by atoms with Crippen LogP contribution in [0.3, 0.4) is 0 Å². The zero-order valence-electron chi connectivity index (χ0n) is 37.0. The summed E-state index contributed by atoms with van der Waals surface area (Å²) in [5, 5.41) is 51.3. The van der Waals surface area contributed by atoms with Gasteiger partial charge >= 0.3 is 0 Å². The molecule has 0 fully saturated rings. The molecule has 0 saturated heterocycles. The van der Waals surface area contributed by atoms with E-state index >= 15 is 0 Å². The van der Waals surface area contributed by atoms with Crippen molar-refractivity contribution in [2.45, 2.75) is 146 Å². The molecule has 21 nitrogen and oxygen atoms in total. The number of aliphatic hydroxyl groups is 3. The molecule has 0 aliphatic rings. The van der Waals surface area contributed by atoms with Gasteiger partial charge in [0, 0.05) is 39.6 Å². The highest BCUT2D eigenvalue weighted by Gasteiger charge is 1.98. The Morgan fingerprint density at radius 1 is 0.386 bits per heavy atom. The van der Waals surface area contributed by atoms with Crippen molar-refractivity contribution in [2.24, 2.45) is 5.92 Å². The maximum absolute atomic E-state index is 9.67. The third kappa shape index (κ3) is 106. The van der Waals surface area contributed by atoms with Crippen LogP contribution in [0.1, 0.15) is 115 Å². The first-order chi connectivity index (χ1) is 26.7. The van der Waals surface area contributed by atoms with Crippen LogP contribution in [0.15, 0.2) is 0 Å². The summed E-state index contributed by atoms with van der Waals surface area (Å²) in [4.78, 5) is 41.0. The lowest BCUT2D eigenvalue weighted by Gasteiger charge is -2.05. The maximum atomic E-state index is 9.67. The van der Waals surface area contributed by atoms with E-state index in [1.807, 2.05) is 69.2 Å². The summed E-state index contributed by atoms with van der Waals surface area (Å²) in [5.41, 5.74) is 0. The molecule has 0 atom stereocenters. The Kier molecular flexibility index (Phi) is 64.1. The second kappa shape index (κ2) is 55.3. The van der Waals surface area contributed by atoms with E-state index in [9.17, 15) is 30.3 Å². The molecule has 0 rings (SSSR count). The minimum Gasteiger partial charge on any atom is -0.396 e. The Morgan fingerprint density at radius 2 is 0.737 bits per heavy atom. The van der Waals surface area contributed by atoms with E-state index < -0.39 is 15.3 Å². The first kappa shape index (κ1) is 66.1. The molecule has 3 N–H and O–H groups in total. The number of rotatable bonds is 30. The lowest BCUT2D eigenvalue weighted by atomic mass is 10.1. The van der Waals surface area contributed by atoms with E-state index in [4.69, 9.17) is 43.7 Å². The quantitative estimate of drug-likeness (QED) is 0.0472. The third-order valence-electron chi connectivity index (χ3n) is 5.23. The fourth-order valence-electron chi connectivity index (χ4n) is 2.71. The molecule has 0 heterocycles. The minimum absolute atomic E-state index is 0.00514. The van der Waals surface area contributed by atoms with Crippen LogP contribution in [0.4, 0.5) is 0 Å². The Morgan fingerprint density at radius 3 is 1.09 bits per heavy atom. The zero-order chi connectivity index (χ0) is 45.3. The normalized spacial score (nSPS) is 10.3. The summed E-state index contributed by atoms with van der Waals surface area (Å²) in [5.74, 6) is 0.599. The maximum Gasteiger partial charge on any atom is 0.294 e. The molecule has 0 spiro atoms. The van der Waals surface area contributed by atoms with E-state index in [0.29, 0.717) is 51.0 Å². The minimum atomic E-state index is -0.830. The highest BCUT2D eigenvalue weighted by atomic mass is 17.0. The molecule has 348 valence electrons. The van der Waals surface area contributed by atoms with Crippen LogP contribution in [-0.2, 0) is 42.9 Å². The van der Waals surface area contributed by atoms with Crippen LogP contribution in [-0.4, -0.2) is 147 Å². The van der Waals surface area contributed by atoms with Crippen molar-refractivity contribution in [3.05, 3.63) is 30.3 Å². The number of hydrogen-bond acceptors (Lipinski definition) is 18. The van der Waals surface area contributed by atoms with Crippen molar-refractivity contribution in [1.29, 1.82) is 0 Å². The fourth-order valence-corrected chi connectivity index (χ4v) is 2.71. The van der Waals surface area contributed by atoms with E-state index in [1.54, 1.807) is 0 Å². The van der Waals surface area contributed by atoms with Gasteiger partial charge in [0.2, 0.25) is 0 Å². The van der Waals surface area contributed by atoms with E-state index in [0.717, 1.165) is 32.3 Å². The summed E-state index contributed by atoms with van der Waals surface area (Å²) >= 11 is 0. The molecule has 21 heteroatoms. The first-order valence-electron chi connectivity index (χ1n) is 19.5. The number of nitrogens with zero attached hydrogens (tertiary/aromatic N) is 3. The average Bonchev–Trinajstić information content (AvgIpc) is 3.10. The summed E-state index contributed by atoms with van der Waals surface area (Å²) in [6.45, 7) is 28.0. The van der Waals surface area contributed by atoms with Crippen LogP contribution in [0.5, 0.6) is 0 Å². The lowest BCUT2D eigenvalue weighted by molar-refractivity contribution is -0.758. The average molecular weight is 844 g/mol. The van der Waals surface area contributed by atoms with Crippen molar-refractivity contribution in [3.8, 4) is 0 Å². The Bertz CT molecular complexity index is 796. The summed E-state index contributed by atoms with van der Waals surface area (Å²) in [7, 11) is 0. The number of ether oxygens (including phenoxy) is 6. The van der Waals surface area contributed by atoms with Gasteiger partial charge < -0.3 is 58.3 Å². The van der Waals surface area contributed by atoms with Gasteiger partial charge in [0.1, 0.15) is 13.2 Å². The van der Waals surface area contributed by atoms with Crippen molar-refractivity contribution in [1.82, 2.24) is 0 Å². The second-order valence-electron chi connectivity index (χ2n) is 13.1. The smallest absolute Gasteiger partial charge is 0.294 e. The van der Waals surface area contributed by atoms with Crippen LogP contribution in [0.2, 0.25) is 0 Å². The molecular weight excluding hydrogens is 762 g/mol. The van der Waals surface area contributed by atoms with Crippen molar-refractivity contribution in [2.75, 3.05) is 85.9 Å². The van der Waals surface area contributed by atoms with Crippen LogP contribution < -0.4 is 0 Å². The monoisotopic (exact) mass is 844 g/mol. The number of unbranched alkanes of at least 4 members (excludes halogenated alkanes) is 1. The molecule has 0 aliphatic heterocycles. The third-order valence-corrected chi connectivity index (χ3v) is 5.23. The van der Waals surface area contributed by atoms with Gasteiger partial charge in [-0.3, -0.25) is 0 Å². The van der Waals surface area contributed by atoms with Gasteiger partial charge in [0.05, 0.1) is 63.6 Å². The second-order valence-corrected chi connectivity index (χ2v) is 13.1. The van der Waals surface area contributed by atoms with Gasteiger partial charge in [-0.15, -0.1) is 30.3 Å². The Balaban J connectivity index is -0.000000138. The number of hydrogen-bond donors (Lipinski definition) is 3. The predicted octanol–water partition coefficient (Wildman–Crippen LogP) is 5.27. The van der Waals surface area contributed by atoms with E-state index in [2.05, 4.69) is 28.4 Å². The predicted molar refractivity (Wildman–Crippen MR) is 214 cm³/mol. The molecule has 0 saturated carbocycles. The molecule has 0 amide bonds. The Labute approximate surface area is 341 Å². The van der Waals surface area contributed by atoms with Crippen LogP contribution in [0, 0.1) is 36.3 Å². The molecule has 0 bridgehead atoms. The van der Waals surface area contributed by atoms with Crippen LogP contribution in [0.25, 0.3) is 0 Å². The van der Waals surface area contributed by atoms with Crippen molar-refractivity contribution >= 4 is 0 Å². The zero-order valence-corrected chi connectivity index (χ0v) is 37.0. The molecule has 0 radical (unpaired) electrons. The summed E-state index contributed by atoms with van der Waals surface area (Å²) < 4.78 is 30.4. The van der Waals surface area contributed by atoms with Gasteiger partial charge in [-0.05, 0) is 107 Å². The molecule has 0 aliphatic carbocycles. The van der Waals surface area contributed by atoms with Gasteiger partial charge in [-0.1, -0.05) is 13.8 Å². The number of aliphatic hydroxyl groups excluding tert-OH is 3. The molecule has 0 aromatic carbocycles. The van der Waals surface area contributed by atoms with Gasteiger partial charge in [-0.2, -0.15) is 0 Å². The van der Waals surface area contributed by atoms with Gasteiger partial charge in [0.25, 0.3) is 15.3 Å². The summed E-state index contributed by atoms with van der Waals surface area (Å²) in [6, 6.07) is 0. The fraction of sp³-hybridized carbons (Fsp3) is 1.00. The first-order valence-corrected chi connectivity index (χ1v) is 19.5. The standard InChI is InChI=1S/C7H15NO4.C7H16O2.C6H13NO4.C6H14O2.C5H11NO4.C5H12O2/c1-7(2)3-4-11-5-6-12-8(9)10;1-7(2)9-6-4-3-5-8;1-6(2)10-4-3-5-11-7(8)9;1-6(2)8-5-3-4-7;1-5(2)9-3-4-10-6(7)8;1-5(2)7-4-3-6/h7H,3-6H2,1-2H3;7-8H,3-6H2,1-2H3;6H,3-5H2,1-2H3;6-7H,3-5H2,1-2H3;5H,3-4H2,1-2H3;5-6H,3-4H2,1-2H3. The largest absolute Gasteiger partial charge is 0.396 e.